The molecule has 136 valence electrons. The van der Waals surface area contributed by atoms with E-state index in [1.165, 1.54) is 6.07 Å². The van der Waals surface area contributed by atoms with E-state index in [4.69, 9.17) is 9.47 Å². The fourth-order valence-electron chi connectivity index (χ4n) is 2.46. The third-order valence-electron chi connectivity index (χ3n) is 3.84. The highest BCUT2D eigenvalue weighted by molar-refractivity contribution is 9.10. The quantitative estimate of drug-likeness (QED) is 0.409. The number of benzene rings is 3. The van der Waals surface area contributed by atoms with Gasteiger partial charge < -0.3 is 9.47 Å². The van der Waals surface area contributed by atoms with Crippen molar-refractivity contribution >= 4 is 27.9 Å². The second-order valence-corrected chi connectivity index (χ2v) is 6.62. The molecule has 0 fully saturated rings. The average Bonchev–Trinajstić information content (AvgIpc) is 2.69. The number of hydrogen-bond donors (Lipinski definition) is 0. The summed E-state index contributed by atoms with van der Waals surface area (Å²) in [5.74, 6) is -0.671. The average molecular weight is 425 g/mol. The number of halogens is 1. The summed E-state index contributed by atoms with van der Waals surface area (Å²) in [7, 11) is 0. The van der Waals surface area contributed by atoms with Gasteiger partial charge in [-0.1, -0.05) is 48.5 Å². The summed E-state index contributed by atoms with van der Waals surface area (Å²) in [6.45, 7) is 0.282. The van der Waals surface area contributed by atoms with Crippen molar-refractivity contribution in [3.8, 4) is 5.75 Å². The minimum absolute atomic E-state index is 0.282. The molecule has 3 aromatic carbocycles. The summed E-state index contributed by atoms with van der Waals surface area (Å²) in [4.78, 5) is 24.5. The Morgan fingerprint density at radius 1 is 0.815 bits per heavy atom. The lowest BCUT2D eigenvalue weighted by molar-refractivity contribution is 0.0507. The predicted molar refractivity (Wildman–Crippen MR) is 106 cm³/mol. The highest BCUT2D eigenvalue weighted by atomic mass is 79.9. The van der Waals surface area contributed by atoms with Crippen LogP contribution >= 0.6 is 15.9 Å². The van der Waals surface area contributed by atoms with Crippen molar-refractivity contribution in [1.29, 1.82) is 0 Å². The molecule has 4 nitrogen and oxygen atoms in total. The van der Waals surface area contributed by atoms with Gasteiger partial charge in [-0.25, -0.2) is 9.59 Å². The number of hydrogen-bond acceptors (Lipinski definition) is 4. The Labute approximate surface area is 165 Å². The summed E-state index contributed by atoms with van der Waals surface area (Å²) in [5.41, 5.74) is 1.84. The highest BCUT2D eigenvalue weighted by Gasteiger charge is 2.14. The van der Waals surface area contributed by atoms with Gasteiger partial charge in [-0.3, -0.25) is 0 Å². The molecule has 0 bridgehead atoms. The Kier molecular flexibility index (Phi) is 6.39. The zero-order valence-corrected chi connectivity index (χ0v) is 16.0. The molecule has 0 N–H and O–H groups in total. The van der Waals surface area contributed by atoms with Crippen molar-refractivity contribution in [2.75, 3.05) is 6.61 Å². The molecule has 0 saturated heterocycles. The van der Waals surface area contributed by atoms with E-state index in [-0.39, 0.29) is 12.4 Å². The molecule has 0 radical (unpaired) electrons. The summed E-state index contributed by atoms with van der Waals surface area (Å²) < 4.78 is 11.3. The normalized spacial score (nSPS) is 10.3. The van der Waals surface area contributed by atoms with Crippen LogP contribution in [-0.2, 0) is 11.2 Å². The molecule has 0 spiro atoms. The van der Waals surface area contributed by atoms with E-state index in [0.29, 0.717) is 22.0 Å². The van der Waals surface area contributed by atoms with Gasteiger partial charge in [0.05, 0.1) is 17.7 Å². The number of carbonyl (C=O) groups excluding carboxylic acids is 2. The van der Waals surface area contributed by atoms with E-state index in [1.807, 2.05) is 36.4 Å². The second kappa shape index (κ2) is 9.14. The van der Waals surface area contributed by atoms with E-state index in [9.17, 15) is 9.59 Å². The van der Waals surface area contributed by atoms with Crippen LogP contribution in [0.25, 0.3) is 0 Å². The van der Waals surface area contributed by atoms with Gasteiger partial charge in [0.25, 0.3) is 0 Å². The molecule has 0 aromatic heterocycles. The van der Waals surface area contributed by atoms with Gasteiger partial charge >= 0.3 is 11.9 Å². The first-order chi connectivity index (χ1) is 13.1. The monoisotopic (exact) mass is 424 g/mol. The lowest BCUT2D eigenvalue weighted by Crippen LogP contribution is -2.11. The second-order valence-electron chi connectivity index (χ2n) is 5.77. The molecule has 0 aliphatic rings. The molecule has 5 heteroatoms. The van der Waals surface area contributed by atoms with Crippen molar-refractivity contribution in [3.63, 3.8) is 0 Å². The number of rotatable bonds is 6. The van der Waals surface area contributed by atoms with Gasteiger partial charge in [-0.15, -0.1) is 0 Å². The first-order valence-electron chi connectivity index (χ1n) is 8.41. The van der Waals surface area contributed by atoms with E-state index in [2.05, 4.69) is 15.9 Å². The van der Waals surface area contributed by atoms with Crippen molar-refractivity contribution in [3.05, 3.63) is 100 Å². The lowest BCUT2D eigenvalue weighted by atomic mass is 10.2. The van der Waals surface area contributed by atoms with Gasteiger partial charge in [0, 0.05) is 10.9 Å². The van der Waals surface area contributed by atoms with Crippen molar-refractivity contribution in [2.24, 2.45) is 0 Å². The van der Waals surface area contributed by atoms with Crippen LogP contribution in [0, 0.1) is 0 Å². The van der Waals surface area contributed by atoms with Crippen LogP contribution in [0.15, 0.2) is 83.3 Å². The molecule has 0 saturated carbocycles. The van der Waals surface area contributed by atoms with E-state index in [0.717, 1.165) is 5.56 Å². The third kappa shape index (κ3) is 5.28. The molecule has 0 aliphatic heterocycles. The molecule has 0 aliphatic carbocycles. The van der Waals surface area contributed by atoms with Crippen molar-refractivity contribution in [1.82, 2.24) is 0 Å². The Bertz CT molecular complexity index is 938. The molecular formula is C22H17BrO4. The number of ether oxygens (including phenoxy) is 2. The predicted octanol–water partition coefficient (Wildman–Crippen LogP) is 5.07. The molecule has 0 unspecified atom stereocenters. The Morgan fingerprint density at radius 3 is 2.33 bits per heavy atom. The van der Waals surface area contributed by atoms with Gasteiger partial charge in [0.15, 0.2) is 0 Å². The standard InChI is InChI=1S/C22H17BrO4/c23-20-12-5-4-11-19(20)22(25)27-18-10-6-9-17(15-18)21(24)26-14-13-16-7-2-1-3-8-16/h1-12,15H,13-14H2. The SMILES string of the molecule is O=C(OCCc1ccccc1)c1cccc(OC(=O)c2ccccc2Br)c1. The minimum Gasteiger partial charge on any atom is -0.462 e. The minimum atomic E-state index is -0.503. The molecule has 3 aromatic rings. The zero-order valence-electron chi connectivity index (χ0n) is 14.4. The smallest absolute Gasteiger partial charge is 0.344 e. The van der Waals surface area contributed by atoms with Gasteiger partial charge in [0.1, 0.15) is 5.75 Å². The van der Waals surface area contributed by atoms with Gasteiger partial charge in [-0.05, 0) is 51.8 Å². The van der Waals surface area contributed by atoms with Crippen LogP contribution in [0.3, 0.4) is 0 Å². The van der Waals surface area contributed by atoms with E-state index in [1.54, 1.807) is 36.4 Å². The molecule has 3 rings (SSSR count). The summed E-state index contributed by atoms with van der Waals surface area (Å²) in [5, 5.41) is 0. The van der Waals surface area contributed by atoms with Crippen molar-refractivity contribution < 1.29 is 19.1 Å². The van der Waals surface area contributed by atoms with Gasteiger partial charge in [0.2, 0.25) is 0 Å². The Morgan fingerprint density at radius 2 is 1.56 bits per heavy atom. The molecule has 0 heterocycles. The molecule has 0 amide bonds. The van der Waals surface area contributed by atoms with Crippen LogP contribution in [0.5, 0.6) is 5.75 Å². The van der Waals surface area contributed by atoms with Crippen LogP contribution < -0.4 is 4.74 Å². The van der Waals surface area contributed by atoms with Crippen LogP contribution in [0.2, 0.25) is 0 Å². The molecule has 27 heavy (non-hydrogen) atoms. The summed E-state index contributed by atoms with van der Waals surface area (Å²) in [6.07, 6.45) is 0.642. The highest BCUT2D eigenvalue weighted by Crippen LogP contribution is 2.20. The fraction of sp³-hybridized carbons (Fsp3) is 0.0909. The van der Waals surface area contributed by atoms with Gasteiger partial charge in [-0.2, -0.15) is 0 Å². The number of esters is 2. The Hall–Kier alpha value is -2.92. The topological polar surface area (TPSA) is 52.6 Å². The Balaban J connectivity index is 1.60. The summed E-state index contributed by atoms with van der Waals surface area (Å²) in [6, 6.07) is 23.2. The lowest BCUT2D eigenvalue weighted by Gasteiger charge is -2.08. The van der Waals surface area contributed by atoms with Crippen LogP contribution in [0.4, 0.5) is 0 Å². The molecular weight excluding hydrogens is 408 g/mol. The maximum Gasteiger partial charge on any atom is 0.344 e. The van der Waals surface area contributed by atoms with Crippen LogP contribution in [-0.4, -0.2) is 18.5 Å². The maximum absolute atomic E-state index is 12.3. The maximum atomic E-state index is 12.3. The fourth-order valence-corrected chi connectivity index (χ4v) is 2.91. The van der Waals surface area contributed by atoms with Crippen molar-refractivity contribution in [2.45, 2.75) is 6.42 Å². The zero-order chi connectivity index (χ0) is 19.1. The first-order valence-corrected chi connectivity index (χ1v) is 9.20. The largest absolute Gasteiger partial charge is 0.462 e. The summed E-state index contributed by atoms with van der Waals surface area (Å²) >= 11 is 3.32. The number of carbonyl (C=O) groups is 2. The van der Waals surface area contributed by atoms with E-state index >= 15 is 0 Å². The van der Waals surface area contributed by atoms with E-state index < -0.39 is 11.9 Å². The third-order valence-corrected chi connectivity index (χ3v) is 4.53. The van der Waals surface area contributed by atoms with Crippen LogP contribution in [0.1, 0.15) is 26.3 Å². The molecule has 0 atom stereocenters. The first kappa shape index (κ1) is 18.9.